The lowest BCUT2D eigenvalue weighted by atomic mass is 9.70. The van der Waals surface area contributed by atoms with E-state index in [1.54, 1.807) is 6.07 Å². The van der Waals surface area contributed by atoms with Crippen LogP contribution in [-0.4, -0.2) is 17.3 Å². The third kappa shape index (κ3) is 2.51. The van der Waals surface area contributed by atoms with E-state index in [2.05, 4.69) is 0 Å². The highest BCUT2D eigenvalue weighted by molar-refractivity contribution is 6.30. The fourth-order valence-corrected chi connectivity index (χ4v) is 3.41. The first-order valence-electron chi connectivity index (χ1n) is 6.87. The summed E-state index contributed by atoms with van der Waals surface area (Å²) in [5, 5.41) is 10.5. The molecule has 2 fully saturated rings. The molecule has 0 aromatic heterocycles. The van der Waals surface area contributed by atoms with Crippen molar-refractivity contribution in [3.05, 3.63) is 34.6 Å². The quantitative estimate of drug-likeness (QED) is 0.893. The standard InChI is InChI=1S/C15H18ClFO2/c16-12-8-10(2-3-13(12)17)14(18)11-4-7-19-15(9-11)5-1-6-15/h2-3,8,11,14,18H,1,4-7,9H2. The molecular weight excluding hydrogens is 267 g/mol. The van der Waals surface area contributed by atoms with Gasteiger partial charge in [0.1, 0.15) is 5.82 Å². The van der Waals surface area contributed by atoms with Crippen LogP contribution in [-0.2, 0) is 4.74 Å². The van der Waals surface area contributed by atoms with E-state index in [0.717, 1.165) is 25.7 Å². The molecule has 1 spiro atoms. The Morgan fingerprint density at radius 3 is 2.84 bits per heavy atom. The molecular formula is C15H18ClFO2. The Morgan fingerprint density at radius 2 is 2.21 bits per heavy atom. The molecule has 0 bridgehead atoms. The van der Waals surface area contributed by atoms with Gasteiger partial charge in [0, 0.05) is 6.61 Å². The second-order valence-corrected chi connectivity index (χ2v) is 6.16. The maximum atomic E-state index is 13.2. The van der Waals surface area contributed by atoms with Crippen molar-refractivity contribution in [1.82, 2.24) is 0 Å². The van der Waals surface area contributed by atoms with Crippen molar-refractivity contribution in [1.29, 1.82) is 0 Å². The van der Waals surface area contributed by atoms with Gasteiger partial charge in [0.2, 0.25) is 0 Å². The van der Waals surface area contributed by atoms with Crippen LogP contribution in [0.2, 0.25) is 5.02 Å². The van der Waals surface area contributed by atoms with Crippen LogP contribution in [0.15, 0.2) is 18.2 Å². The number of aliphatic hydroxyl groups excluding tert-OH is 1. The zero-order valence-electron chi connectivity index (χ0n) is 10.7. The fraction of sp³-hybridized carbons (Fsp3) is 0.600. The van der Waals surface area contributed by atoms with Gasteiger partial charge in [-0.05, 0) is 55.7 Å². The van der Waals surface area contributed by atoms with E-state index < -0.39 is 11.9 Å². The highest BCUT2D eigenvalue weighted by Gasteiger charge is 2.44. The largest absolute Gasteiger partial charge is 0.388 e. The van der Waals surface area contributed by atoms with Gasteiger partial charge in [0.25, 0.3) is 0 Å². The Balaban J connectivity index is 1.75. The van der Waals surface area contributed by atoms with Crippen LogP contribution in [0, 0.1) is 11.7 Å². The van der Waals surface area contributed by atoms with Crippen LogP contribution in [0.5, 0.6) is 0 Å². The average molecular weight is 285 g/mol. The topological polar surface area (TPSA) is 29.5 Å². The predicted molar refractivity (Wildman–Crippen MR) is 71.6 cm³/mol. The molecule has 1 aliphatic carbocycles. The fourth-order valence-electron chi connectivity index (χ4n) is 3.22. The molecule has 3 rings (SSSR count). The third-order valence-electron chi connectivity index (χ3n) is 4.53. The van der Waals surface area contributed by atoms with Crippen molar-refractivity contribution >= 4 is 11.6 Å². The van der Waals surface area contributed by atoms with Crippen LogP contribution < -0.4 is 0 Å². The van der Waals surface area contributed by atoms with Gasteiger partial charge < -0.3 is 9.84 Å². The number of hydrogen-bond donors (Lipinski definition) is 1. The Morgan fingerprint density at radius 1 is 1.42 bits per heavy atom. The molecule has 1 N–H and O–H groups in total. The van der Waals surface area contributed by atoms with Gasteiger partial charge in [-0.1, -0.05) is 17.7 Å². The summed E-state index contributed by atoms with van der Waals surface area (Å²) >= 11 is 5.78. The molecule has 1 saturated heterocycles. The lowest BCUT2D eigenvalue weighted by molar-refractivity contribution is -0.157. The molecule has 1 aliphatic heterocycles. The SMILES string of the molecule is OC(c1ccc(F)c(Cl)c1)C1CCOC2(CCC2)C1. The molecule has 19 heavy (non-hydrogen) atoms. The number of ether oxygens (including phenoxy) is 1. The van der Waals surface area contributed by atoms with Crippen LogP contribution in [0.4, 0.5) is 4.39 Å². The van der Waals surface area contributed by atoms with Gasteiger partial charge in [-0.3, -0.25) is 0 Å². The number of hydrogen-bond acceptors (Lipinski definition) is 2. The molecule has 2 nitrogen and oxygen atoms in total. The summed E-state index contributed by atoms with van der Waals surface area (Å²) < 4.78 is 19.0. The first-order valence-corrected chi connectivity index (χ1v) is 7.24. The maximum Gasteiger partial charge on any atom is 0.141 e. The smallest absolute Gasteiger partial charge is 0.141 e. The third-order valence-corrected chi connectivity index (χ3v) is 4.82. The molecule has 0 amide bonds. The average Bonchev–Trinajstić information content (AvgIpc) is 2.39. The van der Waals surface area contributed by atoms with E-state index in [1.807, 2.05) is 0 Å². The number of aliphatic hydroxyl groups is 1. The molecule has 1 aromatic carbocycles. The molecule has 1 heterocycles. The zero-order valence-corrected chi connectivity index (χ0v) is 11.5. The van der Waals surface area contributed by atoms with E-state index >= 15 is 0 Å². The predicted octanol–water partition coefficient (Wildman–Crippen LogP) is 3.86. The van der Waals surface area contributed by atoms with Crippen molar-refractivity contribution in [2.75, 3.05) is 6.61 Å². The lowest BCUT2D eigenvalue weighted by Crippen LogP contribution is -2.46. The van der Waals surface area contributed by atoms with Gasteiger partial charge in [-0.15, -0.1) is 0 Å². The summed E-state index contributed by atoms with van der Waals surface area (Å²) in [6.45, 7) is 0.705. The Kier molecular flexibility index (Phi) is 3.54. The summed E-state index contributed by atoms with van der Waals surface area (Å²) in [5.74, 6) is -0.268. The number of rotatable bonds is 2. The van der Waals surface area contributed by atoms with Gasteiger partial charge in [-0.2, -0.15) is 0 Å². The lowest BCUT2D eigenvalue weighted by Gasteiger charge is -2.48. The normalized spacial score (nSPS) is 27.0. The molecule has 2 aliphatic rings. The molecule has 1 saturated carbocycles. The summed E-state index contributed by atoms with van der Waals surface area (Å²) in [4.78, 5) is 0. The van der Waals surface area contributed by atoms with Crippen LogP contribution in [0.1, 0.15) is 43.8 Å². The minimum absolute atomic E-state index is 0.00766. The summed E-state index contributed by atoms with van der Waals surface area (Å²) in [6, 6.07) is 4.47. The number of halogens is 2. The van der Waals surface area contributed by atoms with Crippen LogP contribution >= 0.6 is 11.6 Å². The molecule has 2 atom stereocenters. The molecule has 2 unspecified atom stereocenters. The Hall–Kier alpha value is -0.640. The van der Waals surface area contributed by atoms with E-state index in [4.69, 9.17) is 16.3 Å². The van der Waals surface area contributed by atoms with Gasteiger partial charge in [0.05, 0.1) is 16.7 Å². The highest BCUT2D eigenvalue weighted by atomic mass is 35.5. The molecule has 104 valence electrons. The van der Waals surface area contributed by atoms with Crippen molar-refractivity contribution < 1.29 is 14.2 Å². The summed E-state index contributed by atoms with van der Waals surface area (Å²) in [6.07, 6.45) is 4.56. The minimum Gasteiger partial charge on any atom is -0.388 e. The molecule has 0 radical (unpaired) electrons. The van der Waals surface area contributed by atoms with E-state index in [1.165, 1.54) is 18.6 Å². The Labute approximate surface area is 117 Å². The van der Waals surface area contributed by atoms with E-state index in [0.29, 0.717) is 12.2 Å². The van der Waals surface area contributed by atoms with Gasteiger partial charge in [0.15, 0.2) is 0 Å². The molecule has 4 heteroatoms. The Bertz CT molecular complexity index is 473. The number of benzene rings is 1. The highest BCUT2D eigenvalue weighted by Crippen LogP contribution is 2.47. The summed E-state index contributed by atoms with van der Waals surface area (Å²) in [5.41, 5.74) is 0.709. The first kappa shape index (κ1) is 13.3. The monoisotopic (exact) mass is 284 g/mol. The van der Waals surface area contributed by atoms with Gasteiger partial charge in [-0.25, -0.2) is 4.39 Å². The van der Waals surface area contributed by atoms with Crippen molar-refractivity contribution in [2.45, 2.75) is 43.8 Å². The zero-order chi connectivity index (χ0) is 13.5. The summed E-state index contributed by atoms with van der Waals surface area (Å²) in [7, 11) is 0. The second-order valence-electron chi connectivity index (χ2n) is 5.76. The van der Waals surface area contributed by atoms with E-state index in [-0.39, 0.29) is 16.5 Å². The second kappa shape index (κ2) is 5.04. The molecule has 1 aromatic rings. The first-order chi connectivity index (χ1) is 9.10. The van der Waals surface area contributed by atoms with Crippen LogP contribution in [0.25, 0.3) is 0 Å². The van der Waals surface area contributed by atoms with Crippen molar-refractivity contribution in [3.8, 4) is 0 Å². The van der Waals surface area contributed by atoms with E-state index in [9.17, 15) is 9.50 Å². The van der Waals surface area contributed by atoms with Gasteiger partial charge >= 0.3 is 0 Å². The van der Waals surface area contributed by atoms with Crippen molar-refractivity contribution in [3.63, 3.8) is 0 Å². The maximum absolute atomic E-state index is 13.2. The van der Waals surface area contributed by atoms with Crippen LogP contribution in [0.3, 0.4) is 0 Å². The van der Waals surface area contributed by atoms with Crippen molar-refractivity contribution in [2.24, 2.45) is 5.92 Å². The minimum atomic E-state index is -0.584.